The molecule has 0 heterocycles. The maximum absolute atomic E-state index is 10.4. The molecule has 0 amide bonds. The van der Waals surface area contributed by atoms with Gasteiger partial charge in [0, 0.05) is 6.08 Å². The predicted molar refractivity (Wildman–Crippen MR) is 71.1 cm³/mol. The maximum Gasteiger partial charge on any atom is 0.328 e. The number of ether oxygens (including phenoxy) is 1. The molecule has 0 atom stereocenters. The van der Waals surface area contributed by atoms with E-state index in [9.17, 15) is 4.79 Å². The number of carboxylic acid groups (broad SMARTS) is 1. The maximum atomic E-state index is 10.4. The van der Waals surface area contributed by atoms with E-state index in [1.165, 1.54) is 6.08 Å². The van der Waals surface area contributed by atoms with Gasteiger partial charge >= 0.3 is 5.97 Å². The van der Waals surface area contributed by atoms with Crippen molar-refractivity contribution in [3.8, 4) is 5.75 Å². The molecular weight excluding hydrogens is 284 g/mol. The van der Waals surface area contributed by atoms with Gasteiger partial charge in [-0.1, -0.05) is 12.6 Å². The van der Waals surface area contributed by atoms with Gasteiger partial charge in [-0.25, -0.2) is 4.79 Å². The second-order valence-corrected chi connectivity index (χ2v) is 4.46. The number of benzene rings is 1. The standard InChI is InChI=1S/C13H13BrO3/c1-9(2)8-17-12-5-3-10(7-11(12)14)4-6-13(15)16/h3-7H,1,8H2,2H3,(H,15,16). The van der Waals surface area contributed by atoms with Gasteiger partial charge in [0.05, 0.1) is 4.47 Å². The topological polar surface area (TPSA) is 46.5 Å². The number of hydrogen-bond donors (Lipinski definition) is 1. The highest BCUT2D eigenvalue weighted by molar-refractivity contribution is 9.10. The van der Waals surface area contributed by atoms with E-state index in [1.54, 1.807) is 18.2 Å². The molecule has 0 radical (unpaired) electrons. The Balaban J connectivity index is 2.79. The smallest absolute Gasteiger partial charge is 0.328 e. The summed E-state index contributed by atoms with van der Waals surface area (Å²) in [6.07, 6.45) is 2.62. The zero-order valence-electron chi connectivity index (χ0n) is 9.44. The minimum absolute atomic E-state index is 0.461. The second-order valence-electron chi connectivity index (χ2n) is 3.61. The third-order valence-electron chi connectivity index (χ3n) is 1.85. The van der Waals surface area contributed by atoms with Crippen molar-refractivity contribution in [3.63, 3.8) is 0 Å². The number of carboxylic acids is 1. The van der Waals surface area contributed by atoms with Crippen molar-refractivity contribution < 1.29 is 14.6 Å². The summed E-state index contributed by atoms with van der Waals surface area (Å²) in [4.78, 5) is 10.4. The fourth-order valence-corrected chi connectivity index (χ4v) is 1.62. The van der Waals surface area contributed by atoms with E-state index >= 15 is 0 Å². The molecule has 0 bridgehead atoms. The van der Waals surface area contributed by atoms with Crippen LogP contribution in [-0.4, -0.2) is 17.7 Å². The molecule has 3 nitrogen and oxygen atoms in total. The highest BCUT2D eigenvalue weighted by Crippen LogP contribution is 2.26. The van der Waals surface area contributed by atoms with Crippen molar-refractivity contribution in [2.75, 3.05) is 6.61 Å². The average molecular weight is 297 g/mol. The Morgan fingerprint density at radius 3 is 2.82 bits per heavy atom. The third-order valence-corrected chi connectivity index (χ3v) is 2.47. The molecule has 90 valence electrons. The van der Waals surface area contributed by atoms with Crippen LogP contribution in [0.4, 0.5) is 0 Å². The summed E-state index contributed by atoms with van der Waals surface area (Å²) in [6.45, 7) is 6.10. The van der Waals surface area contributed by atoms with E-state index in [0.717, 1.165) is 21.7 Å². The molecule has 1 aromatic carbocycles. The second kappa shape index (κ2) is 6.25. The summed E-state index contributed by atoms with van der Waals surface area (Å²) in [5, 5.41) is 8.51. The zero-order chi connectivity index (χ0) is 12.8. The molecule has 0 fully saturated rings. The average Bonchev–Trinajstić information content (AvgIpc) is 2.24. The van der Waals surface area contributed by atoms with Gasteiger partial charge in [-0.05, 0) is 52.2 Å². The minimum Gasteiger partial charge on any atom is -0.488 e. The lowest BCUT2D eigenvalue weighted by molar-refractivity contribution is -0.131. The van der Waals surface area contributed by atoms with Crippen molar-refractivity contribution in [2.24, 2.45) is 0 Å². The highest BCUT2D eigenvalue weighted by atomic mass is 79.9. The lowest BCUT2D eigenvalue weighted by Gasteiger charge is -2.08. The number of hydrogen-bond acceptors (Lipinski definition) is 2. The van der Waals surface area contributed by atoms with E-state index < -0.39 is 5.97 Å². The molecule has 1 rings (SSSR count). The van der Waals surface area contributed by atoms with Crippen LogP contribution in [0.15, 0.2) is 40.9 Å². The highest BCUT2D eigenvalue weighted by Gasteiger charge is 2.01. The van der Waals surface area contributed by atoms with Crippen LogP contribution in [0.2, 0.25) is 0 Å². The molecule has 0 aliphatic heterocycles. The van der Waals surface area contributed by atoms with Crippen LogP contribution in [0.3, 0.4) is 0 Å². The molecule has 0 unspecified atom stereocenters. The van der Waals surface area contributed by atoms with Gasteiger partial charge < -0.3 is 9.84 Å². The van der Waals surface area contributed by atoms with Gasteiger partial charge in [0.2, 0.25) is 0 Å². The van der Waals surface area contributed by atoms with Crippen molar-refractivity contribution in [1.29, 1.82) is 0 Å². The molecule has 0 saturated carbocycles. The molecule has 0 aromatic heterocycles. The van der Waals surface area contributed by atoms with Gasteiger partial charge in [0.1, 0.15) is 12.4 Å². The third kappa shape index (κ3) is 4.87. The number of halogens is 1. The Morgan fingerprint density at radius 2 is 2.29 bits per heavy atom. The molecule has 1 N–H and O–H groups in total. The fourth-order valence-electron chi connectivity index (χ4n) is 1.11. The summed E-state index contributed by atoms with van der Waals surface area (Å²) in [5.74, 6) is -0.260. The zero-order valence-corrected chi connectivity index (χ0v) is 11.0. The first-order chi connectivity index (χ1) is 7.99. The Bertz CT molecular complexity index is 464. The first-order valence-corrected chi connectivity index (χ1v) is 5.76. The van der Waals surface area contributed by atoms with Crippen LogP contribution >= 0.6 is 15.9 Å². The monoisotopic (exact) mass is 296 g/mol. The number of rotatable bonds is 5. The Kier molecular flexibility index (Phi) is 4.97. The van der Waals surface area contributed by atoms with Gasteiger partial charge in [0.25, 0.3) is 0 Å². The Morgan fingerprint density at radius 1 is 1.59 bits per heavy atom. The van der Waals surface area contributed by atoms with Gasteiger partial charge in [-0.3, -0.25) is 0 Å². The SMILES string of the molecule is C=C(C)COc1ccc(C=CC(=O)O)cc1Br. The van der Waals surface area contributed by atoms with Crippen molar-refractivity contribution in [3.05, 3.63) is 46.5 Å². The van der Waals surface area contributed by atoms with E-state index in [2.05, 4.69) is 22.5 Å². The molecule has 0 saturated heterocycles. The molecule has 0 aliphatic carbocycles. The minimum atomic E-state index is -0.969. The van der Waals surface area contributed by atoms with E-state index in [4.69, 9.17) is 9.84 Å². The summed E-state index contributed by atoms with van der Waals surface area (Å²) < 4.78 is 6.28. The van der Waals surface area contributed by atoms with Crippen LogP contribution in [0.5, 0.6) is 5.75 Å². The van der Waals surface area contributed by atoms with Crippen LogP contribution < -0.4 is 4.74 Å². The molecule has 4 heteroatoms. The van der Waals surface area contributed by atoms with E-state index in [1.807, 2.05) is 6.92 Å². The van der Waals surface area contributed by atoms with Crippen LogP contribution in [0.1, 0.15) is 12.5 Å². The van der Waals surface area contributed by atoms with E-state index in [0.29, 0.717) is 12.4 Å². The van der Waals surface area contributed by atoms with Crippen molar-refractivity contribution in [2.45, 2.75) is 6.92 Å². The van der Waals surface area contributed by atoms with Crippen LogP contribution in [0.25, 0.3) is 6.08 Å². The molecular formula is C13H13BrO3. The first-order valence-electron chi connectivity index (χ1n) is 4.97. The number of carbonyl (C=O) groups is 1. The summed E-state index contributed by atoms with van der Waals surface area (Å²) >= 11 is 3.37. The lowest BCUT2D eigenvalue weighted by atomic mass is 10.2. The Labute approximate surface area is 109 Å². The summed E-state index contributed by atoms with van der Waals surface area (Å²) in [7, 11) is 0. The molecule has 0 aliphatic rings. The normalized spacial score (nSPS) is 10.5. The largest absolute Gasteiger partial charge is 0.488 e. The molecule has 17 heavy (non-hydrogen) atoms. The quantitative estimate of drug-likeness (QED) is 0.668. The number of aliphatic carboxylic acids is 1. The predicted octanol–water partition coefficient (Wildman–Crippen LogP) is 3.50. The van der Waals surface area contributed by atoms with Crippen molar-refractivity contribution >= 4 is 28.0 Å². The molecule has 0 spiro atoms. The van der Waals surface area contributed by atoms with E-state index in [-0.39, 0.29) is 0 Å². The first kappa shape index (κ1) is 13.5. The lowest BCUT2D eigenvalue weighted by Crippen LogP contribution is -1.98. The molecule has 1 aromatic rings. The Hall–Kier alpha value is -1.55. The van der Waals surface area contributed by atoms with Gasteiger partial charge in [0.15, 0.2) is 0 Å². The van der Waals surface area contributed by atoms with Crippen LogP contribution in [0, 0.1) is 0 Å². The van der Waals surface area contributed by atoms with Crippen LogP contribution in [-0.2, 0) is 4.79 Å². The van der Waals surface area contributed by atoms with Gasteiger partial charge in [-0.2, -0.15) is 0 Å². The fraction of sp³-hybridized carbons (Fsp3) is 0.154. The van der Waals surface area contributed by atoms with Crippen molar-refractivity contribution in [1.82, 2.24) is 0 Å². The summed E-state index contributed by atoms with van der Waals surface area (Å²) in [5.41, 5.74) is 1.73. The summed E-state index contributed by atoms with van der Waals surface area (Å²) in [6, 6.07) is 5.37. The van der Waals surface area contributed by atoms with Gasteiger partial charge in [-0.15, -0.1) is 0 Å².